The van der Waals surface area contributed by atoms with Crippen LogP contribution in [0.25, 0.3) is 33.2 Å². The molecule has 4 N–H and O–H groups in total. The molecule has 1 fully saturated rings. The van der Waals surface area contributed by atoms with Crippen LogP contribution in [-0.2, 0) is 0 Å². The molecule has 7 heteroatoms. The van der Waals surface area contributed by atoms with Crippen molar-refractivity contribution in [1.29, 1.82) is 5.26 Å². The van der Waals surface area contributed by atoms with Gasteiger partial charge in [0.2, 0.25) is 0 Å². The maximum atomic E-state index is 9.10. The number of benzene rings is 1. The molecular formula is C23H21N7. The Hall–Kier alpha value is -3.76. The Balaban J connectivity index is 1.56. The minimum Gasteiger partial charge on any atom is -0.383 e. The van der Waals surface area contributed by atoms with Crippen LogP contribution in [0.2, 0.25) is 0 Å². The number of nitriles is 1. The summed E-state index contributed by atoms with van der Waals surface area (Å²) in [4.78, 5) is 9.03. The number of anilines is 1. The number of nitrogens with zero attached hydrogens (tertiary/aromatic N) is 4. The molecule has 0 unspecified atom stereocenters. The summed E-state index contributed by atoms with van der Waals surface area (Å²) >= 11 is 0. The molecule has 0 atom stereocenters. The zero-order chi connectivity index (χ0) is 20.5. The van der Waals surface area contributed by atoms with Gasteiger partial charge in [-0.05, 0) is 55.6 Å². The largest absolute Gasteiger partial charge is 0.383 e. The Kier molecular flexibility index (Phi) is 4.62. The van der Waals surface area contributed by atoms with Gasteiger partial charge in [-0.1, -0.05) is 6.07 Å². The third kappa shape index (κ3) is 3.27. The van der Waals surface area contributed by atoms with Crippen LogP contribution >= 0.6 is 0 Å². The van der Waals surface area contributed by atoms with Gasteiger partial charge in [0.05, 0.1) is 23.5 Å². The smallest absolute Gasteiger partial charge is 0.132 e. The Bertz CT molecular complexity index is 1260. The van der Waals surface area contributed by atoms with Crippen molar-refractivity contribution in [1.82, 2.24) is 25.5 Å². The summed E-state index contributed by atoms with van der Waals surface area (Å²) in [5.74, 6) is 0.893. The molecule has 0 saturated carbocycles. The fourth-order valence-corrected chi connectivity index (χ4v) is 4.13. The molecule has 7 nitrogen and oxygen atoms in total. The molecule has 1 aliphatic heterocycles. The van der Waals surface area contributed by atoms with E-state index in [0.717, 1.165) is 64.8 Å². The maximum Gasteiger partial charge on any atom is 0.132 e. The second-order valence-corrected chi connectivity index (χ2v) is 7.62. The number of nitrogens with two attached hydrogens (primary N) is 1. The van der Waals surface area contributed by atoms with Gasteiger partial charge < -0.3 is 11.1 Å². The van der Waals surface area contributed by atoms with Crippen molar-refractivity contribution in [3.8, 4) is 28.5 Å². The molecular weight excluding hydrogens is 374 g/mol. The van der Waals surface area contributed by atoms with Crippen LogP contribution in [0.15, 0.2) is 48.9 Å². The number of piperidine rings is 1. The second kappa shape index (κ2) is 7.58. The highest BCUT2D eigenvalue weighted by atomic mass is 15.1. The average Bonchev–Trinajstić information content (AvgIpc) is 3.29. The molecule has 1 saturated heterocycles. The SMILES string of the molecule is N#Cc1ccc2cc(-c3cc(-c4cn[nH]c4C4CCNCC4)cnc3N)ncc2c1. The minimum absolute atomic E-state index is 0.436. The molecule has 5 rings (SSSR count). The number of hydrogen-bond acceptors (Lipinski definition) is 6. The number of pyridine rings is 2. The summed E-state index contributed by atoms with van der Waals surface area (Å²) in [7, 11) is 0. The number of aromatic amines is 1. The Morgan fingerprint density at radius 3 is 2.67 bits per heavy atom. The number of nitrogen functional groups attached to an aromatic ring is 1. The van der Waals surface area contributed by atoms with Crippen molar-refractivity contribution < 1.29 is 0 Å². The summed E-state index contributed by atoms with van der Waals surface area (Å²) in [6.07, 6.45) is 7.61. The first kappa shape index (κ1) is 18.3. The lowest BCUT2D eigenvalue weighted by molar-refractivity contribution is 0.453. The van der Waals surface area contributed by atoms with Gasteiger partial charge in [-0.3, -0.25) is 10.1 Å². The predicted octanol–water partition coefficient (Wildman–Crippen LogP) is 3.61. The molecule has 4 aromatic rings. The molecule has 0 bridgehead atoms. The van der Waals surface area contributed by atoms with Crippen LogP contribution in [0.5, 0.6) is 0 Å². The van der Waals surface area contributed by atoms with E-state index in [2.05, 4.69) is 31.6 Å². The van der Waals surface area contributed by atoms with Crippen LogP contribution in [0.4, 0.5) is 5.82 Å². The molecule has 0 radical (unpaired) electrons. The molecule has 4 heterocycles. The first-order chi connectivity index (χ1) is 14.7. The zero-order valence-electron chi connectivity index (χ0n) is 16.4. The third-order valence-corrected chi connectivity index (χ3v) is 5.77. The molecule has 148 valence electrons. The highest BCUT2D eigenvalue weighted by Crippen LogP contribution is 2.35. The van der Waals surface area contributed by atoms with E-state index in [9.17, 15) is 0 Å². The van der Waals surface area contributed by atoms with Crippen molar-refractivity contribution in [2.45, 2.75) is 18.8 Å². The summed E-state index contributed by atoms with van der Waals surface area (Å²) in [5.41, 5.74) is 11.6. The summed E-state index contributed by atoms with van der Waals surface area (Å²) < 4.78 is 0. The molecule has 1 aliphatic rings. The molecule has 0 amide bonds. The van der Waals surface area contributed by atoms with Gasteiger partial charge in [0.15, 0.2) is 0 Å². The van der Waals surface area contributed by atoms with Crippen LogP contribution < -0.4 is 11.1 Å². The number of nitrogens with one attached hydrogen (secondary N) is 2. The van der Waals surface area contributed by atoms with E-state index < -0.39 is 0 Å². The van der Waals surface area contributed by atoms with Gasteiger partial charge in [-0.25, -0.2) is 4.98 Å². The van der Waals surface area contributed by atoms with E-state index in [1.54, 1.807) is 18.5 Å². The maximum absolute atomic E-state index is 9.10. The normalized spacial score (nSPS) is 14.6. The highest BCUT2D eigenvalue weighted by Gasteiger charge is 2.21. The van der Waals surface area contributed by atoms with E-state index >= 15 is 0 Å². The van der Waals surface area contributed by atoms with Gasteiger partial charge in [-0.2, -0.15) is 10.4 Å². The number of fused-ring (bicyclic) bond motifs is 1. The number of hydrogen-bond donors (Lipinski definition) is 3. The topological polar surface area (TPSA) is 116 Å². The van der Waals surface area contributed by atoms with Crippen molar-refractivity contribution >= 4 is 16.6 Å². The van der Waals surface area contributed by atoms with Crippen molar-refractivity contribution in [3.63, 3.8) is 0 Å². The standard InChI is InChI=1S/C23H21N7/c24-10-14-1-2-16-9-21(27-11-17(16)7-14)19-8-18(12-28-23(19)25)20-13-29-30-22(20)15-3-5-26-6-4-15/h1-2,7-9,11-13,15,26H,3-6H2,(H2,25,28)(H,29,30). The third-order valence-electron chi connectivity index (χ3n) is 5.77. The van der Waals surface area contributed by atoms with Crippen molar-refractivity contribution in [2.24, 2.45) is 0 Å². The quantitative estimate of drug-likeness (QED) is 0.488. The summed E-state index contributed by atoms with van der Waals surface area (Å²) in [6.45, 7) is 2.03. The Morgan fingerprint density at radius 1 is 0.967 bits per heavy atom. The van der Waals surface area contributed by atoms with Gasteiger partial charge >= 0.3 is 0 Å². The van der Waals surface area contributed by atoms with Crippen LogP contribution in [-0.4, -0.2) is 33.3 Å². The minimum atomic E-state index is 0.436. The number of H-pyrrole nitrogens is 1. The number of aromatic nitrogens is 4. The lowest BCUT2D eigenvalue weighted by atomic mass is 9.90. The fraction of sp³-hybridized carbons (Fsp3) is 0.217. The number of rotatable bonds is 3. The molecule has 30 heavy (non-hydrogen) atoms. The van der Waals surface area contributed by atoms with Crippen molar-refractivity contribution in [3.05, 3.63) is 60.2 Å². The van der Waals surface area contributed by atoms with Gasteiger partial charge in [0.1, 0.15) is 5.82 Å². The van der Waals surface area contributed by atoms with Crippen molar-refractivity contribution in [2.75, 3.05) is 18.8 Å². The van der Waals surface area contributed by atoms with Crippen LogP contribution in [0.3, 0.4) is 0 Å². The van der Waals surface area contributed by atoms with Crippen LogP contribution in [0, 0.1) is 11.3 Å². The fourth-order valence-electron chi connectivity index (χ4n) is 4.13. The van der Waals surface area contributed by atoms with E-state index in [0.29, 0.717) is 17.3 Å². The molecule has 1 aromatic carbocycles. The Labute approximate surface area is 174 Å². The first-order valence-electron chi connectivity index (χ1n) is 10.0. The average molecular weight is 395 g/mol. The Morgan fingerprint density at radius 2 is 1.83 bits per heavy atom. The summed E-state index contributed by atoms with van der Waals surface area (Å²) in [5, 5.41) is 21.9. The monoisotopic (exact) mass is 395 g/mol. The zero-order valence-corrected chi connectivity index (χ0v) is 16.4. The van der Waals surface area contributed by atoms with Gasteiger partial charge in [0, 0.05) is 46.1 Å². The van der Waals surface area contributed by atoms with Crippen LogP contribution in [0.1, 0.15) is 30.0 Å². The van der Waals surface area contributed by atoms with E-state index in [-0.39, 0.29) is 0 Å². The summed E-state index contributed by atoms with van der Waals surface area (Å²) in [6, 6.07) is 11.7. The van der Waals surface area contributed by atoms with E-state index in [4.69, 9.17) is 11.0 Å². The van der Waals surface area contributed by atoms with E-state index in [1.165, 1.54) is 0 Å². The molecule has 0 spiro atoms. The predicted molar refractivity (Wildman–Crippen MR) is 117 cm³/mol. The second-order valence-electron chi connectivity index (χ2n) is 7.62. The van der Waals surface area contributed by atoms with E-state index in [1.807, 2.05) is 30.5 Å². The lowest BCUT2D eigenvalue weighted by Crippen LogP contribution is -2.27. The lowest BCUT2D eigenvalue weighted by Gasteiger charge is -2.22. The first-order valence-corrected chi connectivity index (χ1v) is 10.0. The van der Waals surface area contributed by atoms with Gasteiger partial charge in [0.25, 0.3) is 0 Å². The molecule has 3 aromatic heterocycles. The highest BCUT2D eigenvalue weighted by molar-refractivity contribution is 5.88. The molecule has 0 aliphatic carbocycles. The van der Waals surface area contributed by atoms with Gasteiger partial charge in [-0.15, -0.1) is 0 Å².